The molecule has 198 valence electrons. The Morgan fingerprint density at radius 2 is 1.97 bits per heavy atom. The maximum absolute atomic E-state index is 13.3. The van der Waals surface area contributed by atoms with Crippen molar-refractivity contribution >= 4 is 34.1 Å². The van der Waals surface area contributed by atoms with Crippen LogP contribution in [-0.4, -0.2) is 47.3 Å². The van der Waals surface area contributed by atoms with E-state index in [2.05, 4.69) is 20.1 Å². The zero-order chi connectivity index (χ0) is 27.2. The number of carbonyl (C=O) groups is 1. The molecule has 1 N–H and O–H groups in total. The lowest BCUT2D eigenvalue weighted by Gasteiger charge is -2.28. The number of hydrogen-bond acceptors (Lipinski definition) is 7. The number of benzene rings is 1. The van der Waals surface area contributed by atoms with Gasteiger partial charge in [-0.3, -0.25) is 9.48 Å². The topological polar surface area (TPSA) is 124 Å². The van der Waals surface area contributed by atoms with Gasteiger partial charge in [0.05, 0.1) is 22.0 Å². The van der Waals surface area contributed by atoms with Crippen molar-refractivity contribution in [2.24, 2.45) is 18.0 Å². The number of ether oxygens (including phenoxy) is 1. The lowest BCUT2D eigenvalue weighted by molar-refractivity contribution is 0.0604. The van der Waals surface area contributed by atoms with E-state index in [4.69, 9.17) is 4.74 Å². The Balaban J connectivity index is 1.35. The first kappa shape index (κ1) is 25.6. The SMILES string of the molecule is Cc1c(O)c(-c2ncc3c(=O)n(C4CCC(/C=N/C(=O)OC(C)(C)C)CC4)ccc3n2)cc2cn(C)nc12. The first-order valence-corrected chi connectivity index (χ1v) is 12.8. The van der Waals surface area contributed by atoms with Crippen LogP contribution in [0.4, 0.5) is 4.79 Å². The number of amides is 1. The number of phenols is 1. The van der Waals surface area contributed by atoms with Crippen LogP contribution in [0.15, 0.2) is 40.5 Å². The molecule has 0 saturated heterocycles. The first-order valence-electron chi connectivity index (χ1n) is 12.8. The molecule has 3 heterocycles. The second kappa shape index (κ2) is 9.66. The van der Waals surface area contributed by atoms with Gasteiger partial charge in [0, 0.05) is 48.8 Å². The standard InChI is InChI=1S/C28H32N6O4/c1-16-23-18(15-33(5)32-23)12-20(24(16)35)25-29-14-21-22(31-25)10-11-34(26(21)36)19-8-6-17(7-9-19)13-30-27(37)38-28(2,3)4/h10-15,17,19,35H,6-9H2,1-5H3/b30-13+. The molecule has 1 aliphatic carbocycles. The fourth-order valence-corrected chi connectivity index (χ4v) is 5.06. The molecule has 1 saturated carbocycles. The molecule has 0 spiro atoms. The second-order valence-electron chi connectivity index (χ2n) is 11.0. The third-order valence-corrected chi connectivity index (χ3v) is 6.96. The number of rotatable bonds is 3. The minimum atomic E-state index is -0.575. The summed E-state index contributed by atoms with van der Waals surface area (Å²) in [6.45, 7) is 7.24. The molecule has 0 aliphatic heterocycles. The summed E-state index contributed by atoms with van der Waals surface area (Å²) in [4.78, 5) is 38.2. The Hall–Kier alpha value is -4.08. The van der Waals surface area contributed by atoms with Gasteiger partial charge in [-0.2, -0.15) is 10.1 Å². The molecule has 10 heteroatoms. The zero-order valence-electron chi connectivity index (χ0n) is 22.3. The number of fused-ring (bicyclic) bond motifs is 2. The van der Waals surface area contributed by atoms with Crippen molar-refractivity contribution in [3.8, 4) is 17.1 Å². The molecule has 5 rings (SSSR count). The molecular formula is C28H32N6O4. The average molecular weight is 517 g/mol. The largest absolute Gasteiger partial charge is 0.507 e. The Labute approximate surface area is 220 Å². The molecule has 1 fully saturated rings. The van der Waals surface area contributed by atoms with E-state index in [0.29, 0.717) is 27.9 Å². The van der Waals surface area contributed by atoms with Gasteiger partial charge >= 0.3 is 6.09 Å². The van der Waals surface area contributed by atoms with Gasteiger partial charge in [-0.25, -0.2) is 14.8 Å². The molecule has 0 radical (unpaired) electrons. The van der Waals surface area contributed by atoms with Crippen LogP contribution in [0.2, 0.25) is 0 Å². The van der Waals surface area contributed by atoms with Gasteiger partial charge in [-0.05, 0) is 71.4 Å². The Kier molecular flexibility index (Phi) is 6.50. The summed E-state index contributed by atoms with van der Waals surface area (Å²) in [5, 5.41) is 16.5. The number of nitrogens with zero attached hydrogens (tertiary/aromatic N) is 6. The van der Waals surface area contributed by atoms with Crippen LogP contribution in [0.25, 0.3) is 33.2 Å². The summed E-state index contributed by atoms with van der Waals surface area (Å²) in [5.41, 5.74) is 1.70. The van der Waals surface area contributed by atoms with Gasteiger partial charge in [-0.15, -0.1) is 0 Å². The van der Waals surface area contributed by atoms with Gasteiger partial charge in [0.2, 0.25) is 0 Å². The van der Waals surface area contributed by atoms with Crippen LogP contribution in [0, 0.1) is 12.8 Å². The third kappa shape index (κ3) is 5.03. The van der Waals surface area contributed by atoms with Crippen molar-refractivity contribution in [2.75, 3.05) is 0 Å². The fraction of sp³-hybridized carbons (Fsp3) is 0.429. The number of aliphatic imine (C=N–C) groups is 1. The number of aromatic hydroxyl groups is 1. The average Bonchev–Trinajstić information content (AvgIpc) is 3.25. The van der Waals surface area contributed by atoms with Crippen molar-refractivity contribution in [3.63, 3.8) is 0 Å². The quantitative estimate of drug-likeness (QED) is 0.376. The van der Waals surface area contributed by atoms with E-state index in [1.165, 1.54) is 6.20 Å². The minimum Gasteiger partial charge on any atom is -0.507 e. The monoisotopic (exact) mass is 516 g/mol. The van der Waals surface area contributed by atoms with Crippen LogP contribution in [-0.2, 0) is 11.8 Å². The van der Waals surface area contributed by atoms with E-state index in [1.54, 1.807) is 21.7 Å². The number of carbonyl (C=O) groups excluding carboxylic acids is 1. The number of aryl methyl sites for hydroxylation is 2. The lowest BCUT2D eigenvalue weighted by Crippen LogP contribution is -2.28. The summed E-state index contributed by atoms with van der Waals surface area (Å²) in [5.74, 6) is 0.607. The number of phenolic OH excluding ortho intramolecular Hbond substituents is 1. The maximum Gasteiger partial charge on any atom is 0.433 e. The highest BCUT2D eigenvalue weighted by Gasteiger charge is 2.24. The van der Waals surface area contributed by atoms with E-state index in [1.807, 2.05) is 53.1 Å². The van der Waals surface area contributed by atoms with Crippen molar-refractivity contribution in [1.82, 2.24) is 24.3 Å². The van der Waals surface area contributed by atoms with E-state index in [0.717, 1.165) is 36.6 Å². The van der Waals surface area contributed by atoms with Crippen molar-refractivity contribution in [3.05, 3.63) is 46.6 Å². The Morgan fingerprint density at radius 3 is 2.68 bits per heavy atom. The fourth-order valence-electron chi connectivity index (χ4n) is 5.06. The van der Waals surface area contributed by atoms with Gasteiger partial charge in [0.1, 0.15) is 11.4 Å². The maximum atomic E-state index is 13.3. The summed E-state index contributed by atoms with van der Waals surface area (Å²) >= 11 is 0. The highest BCUT2D eigenvalue weighted by atomic mass is 16.6. The molecular weight excluding hydrogens is 484 g/mol. The van der Waals surface area contributed by atoms with Gasteiger partial charge in [0.25, 0.3) is 5.56 Å². The van der Waals surface area contributed by atoms with Crippen molar-refractivity contribution in [1.29, 1.82) is 0 Å². The zero-order valence-corrected chi connectivity index (χ0v) is 22.3. The van der Waals surface area contributed by atoms with E-state index in [-0.39, 0.29) is 23.3 Å². The number of pyridine rings is 1. The summed E-state index contributed by atoms with van der Waals surface area (Å²) in [7, 11) is 1.83. The van der Waals surface area contributed by atoms with Gasteiger partial charge in [-0.1, -0.05) is 0 Å². The molecule has 1 amide bonds. The highest BCUT2D eigenvalue weighted by molar-refractivity contribution is 5.90. The van der Waals surface area contributed by atoms with Gasteiger partial charge < -0.3 is 14.4 Å². The van der Waals surface area contributed by atoms with Crippen molar-refractivity contribution in [2.45, 2.75) is 65.0 Å². The van der Waals surface area contributed by atoms with Crippen LogP contribution in [0.5, 0.6) is 5.75 Å². The van der Waals surface area contributed by atoms with Gasteiger partial charge in [0.15, 0.2) is 5.82 Å². The first-order chi connectivity index (χ1) is 18.0. The molecule has 0 atom stereocenters. The Morgan fingerprint density at radius 1 is 1.24 bits per heavy atom. The number of aromatic nitrogens is 5. The minimum absolute atomic E-state index is 0.0532. The molecule has 0 unspecified atom stereocenters. The summed E-state index contributed by atoms with van der Waals surface area (Å²) in [6.07, 6.45) is 9.56. The van der Waals surface area contributed by atoms with Crippen LogP contribution in [0.3, 0.4) is 0 Å². The summed E-state index contributed by atoms with van der Waals surface area (Å²) < 4.78 is 8.69. The van der Waals surface area contributed by atoms with E-state index < -0.39 is 11.7 Å². The predicted molar refractivity (Wildman–Crippen MR) is 146 cm³/mol. The molecule has 10 nitrogen and oxygen atoms in total. The Bertz CT molecular complexity index is 1620. The predicted octanol–water partition coefficient (Wildman–Crippen LogP) is 5.10. The summed E-state index contributed by atoms with van der Waals surface area (Å²) in [6, 6.07) is 3.69. The normalized spacial score (nSPS) is 18.4. The highest BCUT2D eigenvalue weighted by Crippen LogP contribution is 2.36. The smallest absolute Gasteiger partial charge is 0.433 e. The van der Waals surface area contributed by atoms with Crippen LogP contribution in [0.1, 0.15) is 58.1 Å². The molecule has 38 heavy (non-hydrogen) atoms. The van der Waals surface area contributed by atoms with Crippen LogP contribution >= 0.6 is 0 Å². The molecule has 4 aromatic rings. The molecule has 1 aliphatic rings. The van der Waals surface area contributed by atoms with Crippen molar-refractivity contribution < 1.29 is 14.6 Å². The molecule has 1 aromatic carbocycles. The third-order valence-electron chi connectivity index (χ3n) is 6.96. The molecule has 3 aromatic heterocycles. The molecule has 0 bridgehead atoms. The lowest BCUT2D eigenvalue weighted by atomic mass is 9.86. The van der Waals surface area contributed by atoms with Crippen LogP contribution < -0.4 is 5.56 Å². The van der Waals surface area contributed by atoms with E-state index >= 15 is 0 Å². The number of hydrogen-bond donors (Lipinski definition) is 1. The second-order valence-corrected chi connectivity index (χ2v) is 11.0. The van der Waals surface area contributed by atoms with E-state index in [9.17, 15) is 14.7 Å².